The fraction of sp³-hybridized carbons (Fsp3) is 0.278. The molecule has 0 aliphatic rings. The van der Waals surface area contributed by atoms with Gasteiger partial charge in [-0.15, -0.1) is 0 Å². The first kappa shape index (κ1) is 32.5. The fourth-order valence-electron chi connectivity index (χ4n) is 5.15. The minimum Gasteiger partial charge on any atom is -0.354 e. The highest BCUT2D eigenvalue weighted by molar-refractivity contribution is 7.92. The zero-order valence-electron chi connectivity index (χ0n) is 25.9. The number of benzene rings is 4. The first-order chi connectivity index (χ1) is 21.1. The van der Waals surface area contributed by atoms with Crippen LogP contribution < -0.4 is 9.62 Å². The molecule has 44 heavy (non-hydrogen) atoms. The molecule has 7 nitrogen and oxygen atoms in total. The normalized spacial score (nSPS) is 11.9. The molecule has 0 saturated carbocycles. The lowest BCUT2D eigenvalue weighted by atomic mass is 10.0. The lowest BCUT2D eigenvalue weighted by molar-refractivity contribution is -0.140. The number of carbonyl (C=O) groups excluding carboxylic acids is 2. The predicted octanol–water partition coefficient (Wildman–Crippen LogP) is 5.97. The molecule has 2 amide bonds. The Kier molecular flexibility index (Phi) is 11.0. The number of carbonyl (C=O) groups is 2. The van der Waals surface area contributed by atoms with E-state index in [1.807, 2.05) is 88.4 Å². The molecule has 0 aliphatic carbocycles. The van der Waals surface area contributed by atoms with Crippen molar-refractivity contribution in [3.63, 3.8) is 0 Å². The third-order valence-corrected chi connectivity index (χ3v) is 9.19. The van der Waals surface area contributed by atoms with Gasteiger partial charge in [-0.2, -0.15) is 0 Å². The number of hydrogen-bond donors (Lipinski definition) is 1. The maximum atomic E-state index is 14.5. The first-order valence-corrected chi connectivity index (χ1v) is 16.3. The number of sulfonamides is 1. The van der Waals surface area contributed by atoms with Gasteiger partial charge < -0.3 is 10.2 Å². The molecule has 230 valence electrons. The summed E-state index contributed by atoms with van der Waals surface area (Å²) in [6.45, 7) is 7.87. The Morgan fingerprint density at radius 3 is 1.93 bits per heavy atom. The second-order valence-corrected chi connectivity index (χ2v) is 13.0. The van der Waals surface area contributed by atoms with E-state index in [0.717, 1.165) is 38.5 Å². The fourth-order valence-corrected chi connectivity index (χ4v) is 6.57. The maximum absolute atomic E-state index is 14.5. The van der Waals surface area contributed by atoms with Crippen molar-refractivity contribution in [2.75, 3.05) is 17.4 Å². The Morgan fingerprint density at radius 1 is 0.750 bits per heavy atom. The van der Waals surface area contributed by atoms with E-state index in [4.69, 9.17) is 0 Å². The highest BCUT2D eigenvalue weighted by Gasteiger charge is 2.34. The van der Waals surface area contributed by atoms with Gasteiger partial charge in [0.2, 0.25) is 11.8 Å². The van der Waals surface area contributed by atoms with Crippen molar-refractivity contribution in [2.45, 2.75) is 58.0 Å². The minimum absolute atomic E-state index is 0.0820. The van der Waals surface area contributed by atoms with Crippen molar-refractivity contribution in [2.24, 2.45) is 0 Å². The minimum atomic E-state index is -4.13. The molecule has 0 bridgehead atoms. The molecule has 1 N–H and O–H groups in total. The van der Waals surface area contributed by atoms with Crippen LogP contribution in [-0.4, -0.2) is 44.3 Å². The van der Waals surface area contributed by atoms with Crippen LogP contribution in [0.3, 0.4) is 0 Å². The zero-order chi connectivity index (χ0) is 31.7. The average molecular weight is 612 g/mol. The van der Waals surface area contributed by atoms with Gasteiger partial charge >= 0.3 is 0 Å². The molecule has 0 unspecified atom stereocenters. The lowest BCUT2D eigenvalue weighted by Crippen LogP contribution is -2.53. The van der Waals surface area contributed by atoms with Crippen LogP contribution in [0, 0.1) is 20.8 Å². The summed E-state index contributed by atoms with van der Waals surface area (Å²) in [6.07, 6.45) is 1.02. The molecule has 0 radical (unpaired) electrons. The quantitative estimate of drug-likeness (QED) is 0.202. The van der Waals surface area contributed by atoms with E-state index >= 15 is 0 Å². The Hall–Kier alpha value is -4.43. The molecular weight excluding hydrogens is 570 g/mol. The van der Waals surface area contributed by atoms with Gasteiger partial charge in [0.1, 0.15) is 12.6 Å². The summed E-state index contributed by atoms with van der Waals surface area (Å²) < 4.78 is 29.4. The van der Waals surface area contributed by atoms with Crippen LogP contribution in [0.25, 0.3) is 0 Å². The van der Waals surface area contributed by atoms with Crippen LogP contribution in [0.1, 0.15) is 41.2 Å². The summed E-state index contributed by atoms with van der Waals surface area (Å²) in [4.78, 5) is 29.8. The molecule has 0 aliphatic heterocycles. The van der Waals surface area contributed by atoms with E-state index in [2.05, 4.69) is 5.32 Å². The second-order valence-electron chi connectivity index (χ2n) is 11.2. The maximum Gasteiger partial charge on any atom is 0.264 e. The van der Waals surface area contributed by atoms with Crippen LogP contribution in [0.4, 0.5) is 5.69 Å². The van der Waals surface area contributed by atoms with Gasteiger partial charge in [-0.1, -0.05) is 91.3 Å². The molecular formula is C36H41N3O4S. The third kappa shape index (κ3) is 8.35. The van der Waals surface area contributed by atoms with E-state index in [1.165, 1.54) is 17.0 Å². The molecule has 0 fully saturated rings. The van der Waals surface area contributed by atoms with Crippen molar-refractivity contribution in [3.05, 3.63) is 131 Å². The molecule has 0 aromatic heterocycles. The molecule has 4 aromatic rings. The van der Waals surface area contributed by atoms with Gasteiger partial charge in [-0.25, -0.2) is 8.42 Å². The van der Waals surface area contributed by atoms with Crippen molar-refractivity contribution >= 4 is 27.5 Å². The second kappa shape index (κ2) is 14.8. The monoisotopic (exact) mass is 611 g/mol. The number of nitrogens with zero attached hydrogens (tertiary/aromatic N) is 2. The average Bonchev–Trinajstić information content (AvgIpc) is 3.01. The standard InChI is InChI=1S/C36H41N3O4S/c1-5-20-37-36(41)34(24-30-12-8-6-9-13-30)38(25-31-18-16-27(2)17-19-31)35(40)26-39(32-22-28(3)21-29(4)23-32)44(42,43)33-14-10-7-11-15-33/h6-19,21-23,34H,5,20,24-26H2,1-4H3,(H,37,41)/t34-/m1/s1. The van der Waals surface area contributed by atoms with Crippen molar-refractivity contribution < 1.29 is 18.0 Å². The molecule has 4 rings (SSSR count). The largest absolute Gasteiger partial charge is 0.354 e. The van der Waals surface area contributed by atoms with Crippen LogP contribution in [0.2, 0.25) is 0 Å². The van der Waals surface area contributed by atoms with Gasteiger partial charge in [0.05, 0.1) is 10.6 Å². The van der Waals surface area contributed by atoms with Crippen molar-refractivity contribution in [1.29, 1.82) is 0 Å². The van der Waals surface area contributed by atoms with Crippen LogP contribution >= 0.6 is 0 Å². The number of rotatable bonds is 13. The number of anilines is 1. The van der Waals surface area contributed by atoms with Crippen molar-refractivity contribution in [3.8, 4) is 0 Å². The highest BCUT2D eigenvalue weighted by Crippen LogP contribution is 2.27. The summed E-state index contributed by atoms with van der Waals surface area (Å²) in [5.74, 6) is -0.753. The van der Waals surface area contributed by atoms with Gasteiger partial charge in [0, 0.05) is 19.5 Å². The topological polar surface area (TPSA) is 86.8 Å². The lowest BCUT2D eigenvalue weighted by Gasteiger charge is -2.34. The Balaban J connectivity index is 1.81. The summed E-state index contributed by atoms with van der Waals surface area (Å²) in [7, 11) is -4.13. The van der Waals surface area contributed by atoms with Gasteiger partial charge in [0.25, 0.3) is 10.0 Å². The Bertz CT molecular complexity index is 1640. The summed E-state index contributed by atoms with van der Waals surface area (Å²) in [5.41, 5.74) is 4.95. The van der Waals surface area contributed by atoms with Crippen LogP contribution in [0.15, 0.2) is 108 Å². The van der Waals surface area contributed by atoms with Gasteiger partial charge in [0.15, 0.2) is 0 Å². The Morgan fingerprint density at radius 2 is 1.34 bits per heavy atom. The molecule has 0 heterocycles. The number of aryl methyl sites for hydroxylation is 3. The zero-order valence-corrected chi connectivity index (χ0v) is 26.7. The van der Waals surface area contributed by atoms with Crippen LogP contribution in [0.5, 0.6) is 0 Å². The summed E-state index contributed by atoms with van der Waals surface area (Å²) in [6, 6.07) is 30.1. The van der Waals surface area contributed by atoms with E-state index in [1.54, 1.807) is 30.3 Å². The smallest absolute Gasteiger partial charge is 0.264 e. The number of amides is 2. The predicted molar refractivity (Wildman–Crippen MR) is 176 cm³/mol. The van der Waals surface area contributed by atoms with E-state index in [9.17, 15) is 18.0 Å². The molecule has 0 spiro atoms. The van der Waals surface area contributed by atoms with E-state index in [0.29, 0.717) is 12.2 Å². The van der Waals surface area contributed by atoms with Gasteiger partial charge in [-0.3, -0.25) is 13.9 Å². The summed E-state index contributed by atoms with van der Waals surface area (Å²) in [5, 5.41) is 2.97. The SMILES string of the molecule is CCCNC(=O)[C@@H](Cc1ccccc1)N(Cc1ccc(C)cc1)C(=O)CN(c1cc(C)cc(C)c1)S(=O)(=O)c1ccccc1. The number of nitrogens with one attached hydrogen (secondary N) is 1. The Labute approximate surface area is 261 Å². The highest BCUT2D eigenvalue weighted by atomic mass is 32.2. The molecule has 4 aromatic carbocycles. The van der Waals surface area contributed by atoms with E-state index < -0.39 is 28.5 Å². The molecule has 8 heteroatoms. The van der Waals surface area contributed by atoms with Crippen LogP contribution in [-0.2, 0) is 32.6 Å². The molecule has 1 atom stereocenters. The third-order valence-electron chi connectivity index (χ3n) is 7.40. The molecule has 0 saturated heterocycles. The van der Waals surface area contributed by atoms with Crippen molar-refractivity contribution in [1.82, 2.24) is 10.2 Å². The van der Waals surface area contributed by atoms with E-state index in [-0.39, 0.29) is 23.8 Å². The first-order valence-electron chi connectivity index (χ1n) is 14.9. The number of hydrogen-bond acceptors (Lipinski definition) is 4. The summed E-state index contributed by atoms with van der Waals surface area (Å²) >= 11 is 0. The van der Waals surface area contributed by atoms with Gasteiger partial charge in [-0.05, 0) is 73.7 Å².